The number of hydrogen-bond donors (Lipinski definition) is 0. The van der Waals surface area contributed by atoms with E-state index in [1.807, 2.05) is 4.90 Å². The number of likely N-dealkylation sites (tertiary alicyclic amines) is 1. The molecule has 2 heterocycles. The molecular weight excluding hydrogens is 204 g/mol. The van der Waals surface area contributed by atoms with Crippen LogP contribution in [0.5, 0.6) is 0 Å². The smallest absolute Gasteiger partial charge is 0.210 e. The summed E-state index contributed by atoms with van der Waals surface area (Å²) >= 11 is 0. The third-order valence-electron chi connectivity index (χ3n) is 3.65. The standard InChI is InChI=1S/C12H20N2O2/c1-4-10-9-5-6-14(7-15)12(8(2)3)11(9)13-16-10/h7-10,12H,4-6H2,1-3H3/t9-,10+,12-/m0/s1. The van der Waals surface area contributed by atoms with Gasteiger partial charge in [0.2, 0.25) is 6.41 Å². The molecule has 0 aromatic heterocycles. The summed E-state index contributed by atoms with van der Waals surface area (Å²) in [4.78, 5) is 18.4. The minimum Gasteiger partial charge on any atom is -0.392 e. The summed E-state index contributed by atoms with van der Waals surface area (Å²) < 4.78 is 0. The van der Waals surface area contributed by atoms with Crippen molar-refractivity contribution in [1.29, 1.82) is 0 Å². The van der Waals surface area contributed by atoms with E-state index >= 15 is 0 Å². The van der Waals surface area contributed by atoms with Crippen LogP contribution in [0.15, 0.2) is 5.16 Å². The zero-order chi connectivity index (χ0) is 11.7. The summed E-state index contributed by atoms with van der Waals surface area (Å²) in [5, 5.41) is 4.23. The molecule has 0 aromatic rings. The van der Waals surface area contributed by atoms with Gasteiger partial charge in [0.25, 0.3) is 0 Å². The maximum Gasteiger partial charge on any atom is 0.210 e. The summed E-state index contributed by atoms with van der Waals surface area (Å²) in [5.41, 5.74) is 1.08. The van der Waals surface area contributed by atoms with Crippen molar-refractivity contribution in [3.8, 4) is 0 Å². The van der Waals surface area contributed by atoms with Crippen molar-refractivity contribution in [1.82, 2.24) is 4.90 Å². The van der Waals surface area contributed by atoms with Gasteiger partial charge in [-0.2, -0.15) is 0 Å². The first-order chi connectivity index (χ1) is 7.69. The van der Waals surface area contributed by atoms with Crippen LogP contribution in [0, 0.1) is 11.8 Å². The number of fused-ring (bicyclic) bond motifs is 1. The quantitative estimate of drug-likeness (QED) is 0.684. The lowest BCUT2D eigenvalue weighted by Crippen LogP contribution is -2.52. The van der Waals surface area contributed by atoms with Crippen LogP contribution in [0.25, 0.3) is 0 Å². The van der Waals surface area contributed by atoms with Gasteiger partial charge in [0, 0.05) is 12.5 Å². The number of carbonyl (C=O) groups excluding carboxylic acids is 1. The third-order valence-corrected chi connectivity index (χ3v) is 3.65. The van der Waals surface area contributed by atoms with E-state index in [4.69, 9.17) is 4.84 Å². The highest BCUT2D eigenvalue weighted by atomic mass is 16.6. The van der Waals surface area contributed by atoms with Crippen molar-refractivity contribution in [3.05, 3.63) is 0 Å². The van der Waals surface area contributed by atoms with Crippen LogP contribution in [0.4, 0.5) is 0 Å². The van der Waals surface area contributed by atoms with Gasteiger partial charge >= 0.3 is 0 Å². The first-order valence-corrected chi connectivity index (χ1v) is 6.13. The molecule has 4 heteroatoms. The second-order valence-corrected chi connectivity index (χ2v) is 5.00. The molecular formula is C12H20N2O2. The molecule has 0 aliphatic carbocycles. The molecule has 2 aliphatic heterocycles. The van der Waals surface area contributed by atoms with Crippen LogP contribution >= 0.6 is 0 Å². The van der Waals surface area contributed by atoms with E-state index < -0.39 is 0 Å². The van der Waals surface area contributed by atoms with Gasteiger partial charge in [0.05, 0.1) is 11.8 Å². The summed E-state index contributed by atoms with van der Waals surface area (Å²) in [7, 11) is 0. The van der Waals surface area contributed by atoms with Crippen LogP contribution < -0.4 is 0 Å². The fraction of sp³-hybridized carbons (Fsp3) is 0.833. The lowest BCUT2D eigenvalue weighted by molar-refractivity contribution is -0.120. The molecule has 1 fully saturated rings. The van der Waals surface area contributed by atoms with Crippen molar-refractivity contribution in [3.63, 3.8) is 0 Å². The molecule has 0 spiro atoms. The highest BCUT2D eigenvalue weighted by molar-refractivity contribution is 5.94. The van der Waals surface area contributed by atoms with Gasteiger partial charge in [0.15, 0.2) is 0 Å². The number of carbonyl (C=O) groups is 1. The number of oxime groups is 1. The maximum atomic E-state index is 11.0. The van der Waals surface area contributed by atoms with Gasteiger partial charge in [-0.15, -0.1) is 0 Å². The fourth-order valence-corrected chi connectivity index (χ4v) is 2.87. The topological polar surface area (TPSA) is 41.9 Å². The Morgan fingerprint density at radius 1 is 1.62 bits per heavy atom. The van der Waals surface area contributed by atoms with Crippen LogP contribution in [-0.2, 0) is 9.63 Å². The van der Waals surface area contributed by atoms with Crippen molar-refractivity contribution in [2.75, 3.05) is 6.54 Å². The molecule has 0 unspecified atom stereocenters. The normalized spacial score (nSPS) is 33.4. The monoisotopic (exact) mass is 224 g/mol. The van der Waals surface area contributed by atoms with Crippen molar-refractivity contribution in [2.24, 2.45) is 17.0 Å². The second-order valence-electron chi connectivity index (χ2n) is 5.00. The van der Waals surface area contributed by atoms with Gasteiger partial charge in [-0.25, -0.2) is 0 Å². The third kappa shape index (κ3) is 1.70. The van der Waals surface area contributed by atoms with E-state index in [-0.39, 0.29) is 12.1 Å². The summed E-state index contributed by atoms with van der Waals surface area (Å²) in [6.45, 7) is 7.21. The van der Waals surface area contributed by atoms with Crippen LogP contribution in [0.3, 0.4) is 0 Å². The molecule has 3 atom stereocenters. The molecule has 1 amide bonds. The van der Waals surface area contributed by atoms with Gasteiger partial charge in [-0.3, -0.25) is 4.79 Å². The van der Waals surface area contributed by atoms with E-state index in [9.17, 15) is 4.79 Å². The molecule has 4 nitrogen and oxygen atoms in total. The summed E-state index contributed by atoms with van der Waals surface area (Å²) in [6.07, 6.45) is 3.15. The van der Waals surface area contributed by atoms with Crippen LogP contribution in [0.1, 0.15) is 33.6 Å². The van der Waals surface area contributed by atoms with Crippen molar-refractivity contribution in [2.45, 2.75) is 45.8 Å². The van der Waals surface area contributed by atoms with Crippen LogP contribution in [0.2, 0.25) is 0 Å². The minimum atomic E-state index is 0.132. The Morgan fingerprint density at radius 2 is 2.38 bits per heavy atom. The number of piperidine rings is 1. The molecule has 0 saturated carbocycles. The van der Waals surface area contributed by atoms with Crippen LogP contribution in [-0.4, -0.2) is 35.7 Å². The molecule has 1 saturated heterocycles. The maximum absolute atomic E-state index is 11.0. The van der Waals surface area contributed by atoms with E-state index in [1.165, 1.54) is 0 Å². The Hall–Kier alpha value is -1.06. The van der Waals surface area contributed by atoms with Gasteiger partial charge in [-0.05, 0) is 18.8 Å². The number of amides is 1. The zero-order valence-corrected chi connectivity index (χ0v) is 10.2. The van der Waals surface area contributed by atoms with E-state index in [1.54, 1.807) is 0 Å². The molecule has 2 aliphatic rings. The van der Waals surface area contributed by atoms with E-state index in [2.05, 4.69) is 25.9 Å². The number of nitrogens with zero attached hydrogens (tertiary/aromatic N) is 2. The van der Waals surface area contributed by atoms with Gasteiger partial charge in [-0.1, -0.05) is 25.9 Å². The SMILES string of the molecule is CC[C@H]1ON=C2[C@H]1CCN(C=O)[C@H]2C(C)C. The lowest BCUT2D eigenvalue weighted by Gasteiger charge is -2.38. The molecule has 2 rings (SSSR count). The number of hydrogen-bond acceptors (Lipinski definition) is 3. The average molecular weight is 224 g/mol. The van der Waals surface area contributed by atoms with E-state index in [0.29, 0.717) is 11.8 Å². The Kier molecular flexibility index (Phi) is 3.17. The molecule has 16 heavy (non-hydrogen) atoms. The molecule has 90 valence electrons. The highest BCUT2D eigenvalue weighted by Crippen LogP contribution is 2.33. The van der Waals surface area contributed by atoms with Crippen molar-refractivity contribution >= 4 is 12.1 Å². The minimum absolute atomic E-state index is 0.132. The Morgan fingerprint density at radius 3 is 2.94 bits per heavy atom. The summed E-state index contributed by atoms with van der Waals surface area (Å²) in [5.74, 6) is 0.819. The molecule has 0 N–H and O–H groups in total. The van der Waals surface area contributed by atoms with Crippen molar-refractivity contribution < 1.29 is 9.63 Å². The predicted molar refractivity (Wildman–Crippen MR) is 62.1 cm³/mol. The van der Waals surface area contributed by atoms with E-state index in [0.717, 1.165) is 31.5 Å². The molecule has 0 aromatic carbocycles. The Balaban J connectivity index is 2.21. The molecule has 0 radical (unpaired) electrons. The summed E-state index contributed by atoms with van der Waals surface area (Å²) in [6, 6.07) is 0.132. The second kappa shape index (κ2) is 4.44. The first-order valence-electron chi connectivity index (χ1n) is 6.13. The van der Waals surface area contributed by atoms with Gasteiger partial charge in [0.1, 0.15) is 6.10 Å². The number of rotatable bonds is 3. The fourth-order valence-electron chi connectivity index (χ4n) is 2.87. The lowest BCUT2D eigenvalue weighted by atomic mass is 9.80. The largest absolute Gasteiger partial charge is 0.392 e. The highest BCUT2D eigenvalue weighted by Gasteiger charge is 2.43. The Bertz CT molecular complexity index is 301. The first kappa shape index (κ1) is 11.4. The predicted octanol–water partition coefficient (Wildman–Crippen LogP) is 1.65. The zero-order valence-electron chi connectivity index (χ0n) is 10.2. The molecule has 0 bridgehead atoms. The average Bonchev–Trinajstić information content (AvgIpc) is 2.69. The van der Waals surface area contributed by atoms with Gasteiger partial charge < -0.3 is 9.74 Å². The Labute approximate surface area is 96.6 Å².